The van der Waals surface area contributed by atoms with Gasteiger partial charge < -0.3 is 20.1 Å². The van der Waals surface area contributed by atoms with E-state index in [-0.39, 0.29) is 18.7 Å². The van der Waals surface area contributed by atoms with Crippen molar-refractivity contribution in [2.45, 2.75) is 70.7 Å². The minimum atomic E-state index is -0.583. The number of thiazole rings is 1. The molecular weight excluding hydrogens is 474 g/mol. The second-order valence-corrected chi connectivity index (χ2v) is 10.7. The molecule has 192 valence electrons. The van der Waals surface area contributed by atoms with Gasteiger partial charge in [-0.1, -0.05) is 60.7 Å². The molecule has 2 aromatic carbocycles. The predicted molar refractivity (Wildman–Crippen MR) is 142 cm³/mol. The van der Waals surface area contributed by atoms with Crippen molar-refractivity contribution in [3.63, 3.8) is 0 Å². The fourth-order valence-electron chi connectivity index (χ4n) is 3.78. The average molecular weight is 510 g/mol. The van der Waals surface area contributed by atoms with Crippen LogP contribution in [0.25, 0.3) is 0 Å². The van der Waals surface area contributed by atoms with Crippen molar-refractivity contribution in [2.75, 3.05) is 0 Å². The first-order valence-electron chi connectivity index (χ1n) is 12.1. The van der Waals surface area contributed by atoms with E-state index in [1.54, 1.807) is 11.7 Å². The number of alkyl carbamates (subject to hydrolysis) is 2. The maximum Gasteiger partial charge on any atom is 0.407 e. The Kier molecular flexibility index (Phi) is 10.3. The molecule has 0 spiro atoms. The molecule has 0 bridgehead atoms. The molecule has 8 heteroatoms. The van der Waals surface area contributed by atoms with E-state index in [1.807, 2.05) is 81.4 Å². The summed E-state index contributed by atoms with van der Waals surface area (Å²) < 4.78 is 10.9. The summed E-state index contributed by atoms with van der Waals surface area (Å²) in [6, 6.07) is 19.7. The van der Waals surface area contributed by atoms with E-state index >= 15 is 0 Å². The first kappa shape index (κ1) is 27.2. The standard InChI is InChI=1S/C28H35N3O4S/c1-28(2,3)35-27(33)31-24(17-22-12-8-5-9-13-22)15-14-23(16-21-10-6-4-7-11-21)30-26(32)34-19-25-18-29-20-36-25/h4-13,18,20,23-24H,14-17,19H2,1-3H3,(H,30,32)(H,31,33)/t23-,24-/m1/s1. The van der Waals surface area contributed by atoms with E-state index in [4.69, 9.17) is 9.47 Å². The second-order valence-electron chi connectivity index (χ2n) is 9.69. The normalized spacial score (nSPS) is 12.9. The second kappa shape index (κ2) is 13.6. The van der Waals surface area contributed by atoms with Crippen LogP contribution in [-0.4, -0.2) is 34.9 Å². The number of hydrogen-bond donors (Lipinski definition) is 2. The third-order valence-electron chi connectivity index (χ3n) is 5.39. The van der Waals surface area contributed by atoms with Crippen LogP contribution in [-0.2, 0) is 28.9 Å². The summed E-state index contributed by atoms with van der Waals surface area (Å²) >= 11 is 1.44. The van der Waals surface area contributed by atoms with Crippen molar-refractivity contribution in [3.05, 3.63) is 88.4 Å². The number of carbonyl (C=O) groups excluding carboxylic acids is 2. The lowest BCUT2D eigenvalue weighted by Gasteiger charge is -2.25. The molecule has 0 aliphatic rings. The molecule has 36 heavy (non-hydrogen) atoms. The van der Waals surface area contributed by atoms with Crippen LogP contribution in [0.15, 0.2) is 72.4 Å². The highest BCUT2D eigenvalue weighted by atomic mass is 32.1. The highest BCUT2D eigenvalue weighted by Crippen LogP contribution is 2.15. The summed E-state index contributed by atoms with van der Waals surface area (Å²) in [6.45, 7) is 5.72. The number of benzene rings is 2. The van der Waals surface area contributed by atoms with Crippen LogP contribution in [0.2, 0.25) is 0 Å². The molecule has 1 aromatic heterocycles. The van der Waals surface area contributed by atoms with Crippen LogP contribution in [0.4, 0.5) is 9.59 Å². The molecule has 2 amide bonds. The van der Waals surface area contributed by atoms with Gasteiger partial charge in [-0.15, -0.1) is 11.3 Å². The monoisotopic (exact) mass is 509 g/mol. The van der Waals surface area contributed by atoms with Gasteiger partial charge in [-0.05, 0) is 57.6 Å². The highest BCUT2D eigenvalue weighted by molar-refractivity contribution is 7.09. The van der Waals surface area contributed by atoms with Crippen molar-refractivity contribution < 1.29 is 19.1 Å². The summed E-state index contributed by atoms with van der Waals surface area (Å²) in [5.74, 6) is 0. The molecule has 7 nitrogen and oxygen atoms in total. The number of nitrogens with zero attached hydrogens (tertiary/aromatic N) is 1. The van der Waals surface area contributed by atoms with Gasteiger partial charge in [-0.2, -0.15) is 0 Å². The van der Waals surface area contributed by atoms with Gasteiger partial charge >= 0.3 is 12.2 Å². The van der Waals surface area contributed by atoms with Gasteiger partial charge in [0, 0.05) is 18.3 Å². The maximum atomic E-state index is 12.6. The lowest BCUT2D eigenvalue weighted by atomic mass is 9.96. The Balaban J connectivity index is 1.65. The molecule has 3 rings (SSSR count). The summed E-state index contributed by atoms with van der Waals surface area (Å²) in [7, 11) is 0. The molecule has 2 atom stereocenters. The Labute approximate surface area is 217 Å². The quantitative estimate of drug-likeness (QED) is 0.336. The number of amides is 2. The third-order valence-corrected chi connectivity index (χ3v) is 6.14. The molecule has 1 heterocycles. The fourth-order valence-corrected chi connectivity index (χ4v) is 4.29. The van der Waals surface area contributed by atoms with E-state index in [9.17, 15) is 9.59 Å². The third kappa shape index (κ3) is 10.5. The van der Waals surface area contributed by atoms with Crippen LogP contribution >= 0.6 is 11.3 Å². The fraction of sp³-hybridized carbons (Fsp3) is 0.393. The Morgan fingerprint density at radius 1 is 0.861 bits per heavy atom. The van der Waals surface area contributed by atoms with Crippen LogP contribution in [0, 0.1) is 0 Å². The summed E-state index contributed by atoms with van der Waals surface area (Å²) in [6.07, 6.45) is 3.40. The van der Waals surface area contributed by atoms with Gasteiger partial charge in [0.2, 0.25) is 0 Å². The zero-order valence-corrected chi connectivity index (χ0v) is 21.9. The van der Waals surface area contributed by atoms with Gasteiger partial charge in [0.05, 0.1) is 10.4 Å². The number of hydrogen-bond acceptors (Lipinski definition) is 6. The van der Waals surface area contributed by atoms with Crippen molar-refractivity contribution in [1.82, 2.24) is 15.6 Å². The number of aromatic nitrogens is 1. The summed E-state index contributed by atoms with van der Waals surface area (Å²) in [4.78, 5) is 30.0. The van der Waals surface area contributed by atoms with Gasteiger partial charge in [0.25, 0.3) is 0 Å². The first-order valence-corrected chi connectivity index (χ1v) is 13.0. The lowest BCUT2D eigenvalue weighted by molar-refractivity contribution is 0.0499. The minimum Gasteiger partial charge on any atom is -0.444 e. The molecule has 2 N–H and O–H groups in total. The molecule has 0 radical (unpaired) electrons. The summed E-state index contributed by atoms with van der Waals surface area (Å²) in [5, 5.41) is 6.05. The van der Waals surface area contributed by atoms with Crippen molar-refractivity contribution >= 4 is 23.5 Å². The molecule has 0 saturated heterocycles. The maximum absolute atomic E-state index is 12.6. The average Bonchev–Trinajstić information content (AvgIpc) is 3.35. The Morgan fingerprint density at radius 2 is 1.39 bits per heavy atom. The molecule has 0 fully saturated rings. The minimum absolute atomic E-state index is 0.157. The molecule has 0 unspecified atom stereocenters. The molecular formula is C28H35N3O4S. The van der Waals surface area contributed by atoms with Gasteiger partial charge in [-0.3, -0.25) is 4.98 Å². The van der Waals surface area contributed by atoms with Crippen molar-refractivity contribution in [1.29, 1.82) is 0 Å². The van der Waals surface area contributed by atoms with Crippen molar-refractivity contribution in [2.24, 2.45) is 0 Å². The SMILES string of the molecule is CC(C)(C)OC(=O)N[C@H](CC[C@H](Cc1ccccc1)NC(=O)OCc1cncs1)Cc1ccccc1. The number of ether oxygens (including phenoxy) is 2. The predicted octanol–water partition coefficient (Wildman–Crippen LogP) is 5.90. The zero-order valence-electron chi connectivity index (χ0n) is 21.1. The van der Waals surface area contributed by atoms with Crippen molar-refractivity contribution in [3.8, 4) is 0 Å². The molecule has 0 aliphatic heterocycles. The molecule has 0 aliphatic carbocycles. The van der Waals surface area contributed by atoms with Crippen LogP contribution in [0.1, 0.15) is 49.6 Å². The largest absolute Gasteiger partial charge is 0.444 e. The topological polar surface area (TPSA) is 89.6 Å². The number of nitrogens with one attached hydrogen (secondary N) is 2. The van der Waals surface area contributed by atoms with Crippen LogP contribution in [0.3, 0.4) is 0 Å². The van der Waals surface area contributed by atoms with E-state index in [2.05, 4.69) is 15.6 Å². The first-order chi connectivity index (χ1) is 17.3. The van der Waals surface area contributed by atoms with E-state index in [0.29, 0.717) is 25.7 Å². The Morgan fingerprint density at radius 3 is 1.86 bits per heavy atom. The van der Waals surface area contributed by atoms with Gasteiger partial charge in [0.15, 0.2) is 0 Å². The van der Waals surface area contributed by atoms with Crippen LogP contribution < -0.4 is 10.6 Å². The van der Waals surface area contributed by atoms with E-state index in [1.165, 1.54) is 11.3 Å². The zero-order chi connectivity index (χ0) is 25.8. The lowest BCUT2D eigenvalue weighted by Crippen LogP contribution is -2.42. The number of carbonyl (C=O) groups is 2. The number of rotatable bonds is 11. The molecule has 0 saturated carbocycles. The summed E-state index contributed by atoms with van der Waals surface area (Å²) in [5.41, 5.74) is 3.36. The van der Waals surface area contributed by atoms with Crippen LogP contribution in [0.5, 0.6) is 0 Å². The van der Waals surface area contributed by atoms with Gasteiger partial charge in [-0.25, -0.2) is 9.59 Å². The highest BCUT2D eigenvalue weighted by Gasteiger charge is 2.22. The smallest absolute Gasteiger partial charge is 0.407 e. The molecule has 3 aromatic rings. The Hall–Kier alpha value is -3.39. The van der Waals surface area contributed by atoms with E-state index in [0.717, 1.165) is 16.0 Å². The van der Waals surface area contributed by atoms with E-state index < -0.39 is 17.8 Å². The Bertz CT molecular complexity index is 1050. The van der Waals surface area contributed by atoms with Gasteiger partial charge in [0.1, 0.15) is 12.2 Å².